The molecule has 0 saturated carbocycles. The van der Waals surface area contributed by atoms with Crippen molar-refractivity contribution in [2.75, 3.05) is 0 Å². The van der Waals surface area contributed by atoms with Gasteiger partial charge in [-0.3, -0.25) is 0 Å². The number of rotatable bonds is 2. The van der Waals surface area contributed by atoms with Gasteiger partial charge in [0.05, 0.1) is 0 Å². The molecule has 7 rings (SSSR count). The Morgan fingerprint density at radius 3 is 1.08 bits per heavy atom. The lowest BCUT2D eigenvalue weighted by Crippen LogP contribution is -1.98. The van der Waals surface area contributed by atoms with Crippen LogP contribution in [0.25, 0.3) is 44.5 Å². The molecule has 0 radical (unpaired) electrons. The quantitative estimate of drug-likeness (QED) is 0.241. The van der Waals surface area contributed by atoms with Gasteiger partial charge in [-0.2, -0.15) is 0 Å². The lowest BCUT2D eigenvalue weighted by molar-refractivity contribution is 0.472. The average molecular weight is 489 g/mol. The molecular formula is C36H24O2. The molecule has 180 valence electrons. The molecule has 0 spiro atoms. The number of hydrogen-bond donors (Lipinski definition) is 0. The minimum atomic E-state index is 0.786. The van der Waals surface area contributed by atoms with E-state index in [1.165, 1.54) is 0 Å². The molecule has 38 heavy (non-hydrogen) atoms. The van der Waals surface area contributed by atoms with Gasteiger partial charge in [-0.05, 0) is 58.7 Å². The van der Waals surface area contributed by atoms with Crippen LogP contribution in [-0.4, -0.2) is 0 Å². The van der Waals surface area contributed by atoms with Crippen LogP contribution in [0.15, 0.2) is 146 Å². The van der Waals surface area contributed by atoms with Crippen LogP contribution in [-0.2, 0) is 0 Å². The van der Waals surface area contributed by atoms with Crippen molar-refractivity contribution in [3.8, 4) is 67.5 Å². The normalized spacial score (nSPS) is 11.6. The molecule has 2 nitrogen and oxygen atoms in total. The number of fused-ring (bicyclic) bond motifs is 6. The third-order valence-corrected chi connectivity index (χ3v) is 6.97. The van der Waals surface area contributed by atoms with Gasteiger partial charge >= 0.3 is 0 Å². The predicted octanol–water partition coefficient (Wildman–Crippen LogP) is 10.3. The summed E-state index contributed by atoms with van der Waals surface area (Å²) in [5, 5.41) is 0. The fraction of sp³-hybridized carbons (Fsp3) is 0. The summed E-state index contributed by atoms with van der Waals surface area (Å²) in [5.74, 6) is 3.15. The van der Waals surface area contributed by atoms with E-state index < -0.39 is 0 Å². The van der Waals surface area contributed by atoms with E-state index in [1.54, 1.807) is 0 Å². The average Bonchev–Trinajstić information content (AvgIpc) is 2.99. The second-order valence-electron chi connectivity index (χ2n) is 9.35. The second-order valence-corrected chi connectivity index (χ2v) is 9.35. The molecule has 0 N–H and O–H groups in total. The maximum absolute atomic E-state index is 6.76. The lowest BCUT2D eigenvalue weighted by atomic mass is 9.95. The van der Waals surface area contributed by atoms with E-state index >= 15 is 0 Å². The Morgan fingerprint density at radius 2 is 0.632 bits per heavy atom. The van der Waals surface area contributed by atoms with Gasteiger partial charge in [-0.1, -0.05) is 109 Å². The summed E-state index contributed by atoms with van der Waals surface area (Å²) in [4.78, 5) is 0. The zero-order valence-electron chi connectivity index (χ0n) is 20.7. The first-order valence-corrected chi connectivity index (χ1v) is 12.8. The van der Waals surface area contributed by atoms with Crippen molar-refractivity contribution >= 4 is 0 Å². The van der Waals surface area contributed by atoms with E-state index in [4.69, 9.17) is 9.47 Å². The van der Waals surface area contributed by atoms with Crippen molar-refractivity contribution in [1.82, 2.24) is 0 Å². The largest absolute Gasteiger partial charge is 0.456 e. The summed E-state index contributed by atoms with van der Waals surface area (Å²) in [6.45, 7) is 0. The van der Waals surface area contributed by atoms with E-state index in [2.05, 4.69) is 97.1 Å². The number of para-hydroxylation sites is 2. The zero-order valence-corrected chi connectivity index (χ0v) is 20.7. The molecule has 0 fully saturated rings. The molecule has 6 aromatic rings. The van der Waals surface area contributed by atoms with Crippen LogP contribution in [0.4, 0.5) is 0 Å². The Morgan fingerprint density at radius 1 is 0.263 bits per heavy atom. The van der Waals surface area contributed by atoms with Crippen LogP contribution in [0.5, 0.6) is 23.0 Å². The molecule has 0 saturated heterocycles. The third kappa shape index (κ3) is 4.03. The van der Waals surface area contributed by atoms with Gasteiger partial charge in [-0.25, -0.2) is 0 Å². The molecule has 0 aromatic heterocycles. The minimum Gasteiger partial charge on any atom is -0.456 e. The highest BCUT2D eigenvalue weighted by Crippen LogP contribution is 2.48. The molecule has 0 atom stereocenters. The Labute approximate surface area is 222 Å². The summed E-state index contributed by atoms with van der Waals surface area (Å²) >= 11 is 0. The zero-order chi connectivity index (χ0) is 25.3. The van der Waals surface area contributed by atoms with Crippen LogP contribution in [0.2, 0.25) is 0 Å². The maximum atomic E-state index is 6.76. The molecule has 0 aliphatic carbocycles. The number of ether oxygens (including phenoxy) is 2. The van der Waals surface area contributed by atoms with Crippen molar-refractivity contribution in [2.24, 2.45) is 0 Å². The van der Waals surface area contributed by atoms with Crippen LogP contribution in [0.3, 0.4) is 0 Å². The first-order valence-electron chi connectivity index (χ1n) is 12.8. The molecule has 0 amide bonds. The van der Waals surface area contributed by atoms with E-state index in [9.17, 15) is 0 Å². The van der Waals surface area contributed by atoms with Gasteiger partial charge < -0.3 is 9.47 Å². The molecule has 2 heteroatoms. The van der Waals surface area contributed by atoms with E-state index in [-0.39, 0.29) is 0 Å². The smallest absolute Gasteiger partial charge is 0.135 e. The molecule has 6 aromatic carbocycles. The topological polar surface area (TPSA) is 18.5 Å². The summed E-state index contributed by atoms with van der Waals surface area (Å²) in [6, 6.07) is 49.9. The van der Waals surface area contributed by atoms with Gasteiger partial charge in [0.2, 0.25) is 0 Å². The Bertz CT molecular complexity index is 1620. The Balaban J connectivity index is 1.47. The summed E-state index contributed by atoms with van der Waals surface area (Å²) in [7, 11) is 0. The second kappa shape index (κ2) is 9.42. The molecule has 0 bridgehead atoms. The number of hydrogen-bond acceptors (Lipinski definition) is 2. The van der Waals surface area contributed by atoms with Gasteiger partial charge in [-0.15, -0.1) is 0 Å². The van der Waals surface area contributed by atoms with Crippen molar-refractivity contribution in [3.05, 3.63) is 146 Å². The van der Waals surface area contributed by atoms with Crippen LogP contribution < -0.4 is 9.47 Å². The highest BCUT2D eigenvalue weighted by molar-refractivity contribution is 5.85. The summed E-state index contributed by atoms with van der Waals surface area (Å²) in [5.41, 5.74) is 8.51. The molecule has 1 aliphatic rings. The van der Waals surface area contributed by atoms with Crippen molar-refractivity contribution in [1.29, 1.82) is 0 Å². The Kier molecular flexibility index (Phi) is 5.49. The highest BCUT2D eigenvalue weighted by Gasteiger charge is 2.21. The molecule has 1 heterocycles. The fourth-order valence-electron chi connectivity index (χ4n) is 5.07. The molecular weight excluding hydrogens is 464 g/mol. The lowest BCUT2D eigenvalue weighted by Gasteiger charge is -2.22. The van der Waals surface area contributed by atoms with E-state index in [0.29, 0.717) is 0 Å². The van der Waals surface area contributed by atoms with Crippen LogP contribution in [0, 0.1) is 0 Å². The minimum absolute atomic E-state index is 0.786. The maximum Gasteiger partial charge on any atom is 0.135 e. The van der Waals surface area contributed by atoms with Gasteiger partial charge in [0.15, 0.2) is 0 Å². The number of benzene rings is 6. The van der Waals surface area contributed by atoms with Crippen LogP contribution in [0.1, 0.15) is 0 Å². The van der Waals surface area contributed by atoms with Crippen molar-refractivity contribution < 1.29 is 9.47 Å². The fourth-order valence-corrected chi connectivity index (χ4v) is 5.07. The summed E-state index contributed by atoms with van der Waals surface area (Å²) in [6.07, 6.45) is 0. The first kappa shape index (κ1) is 22.1. The van der Waals surface area contributed by atoms with Crippen LogP contribution >= 0.6 is 0 Å². The molecule has 1 aliphatic heterocycles. The third-order valence-electron chi connectivity index (χ3n) is 6.97. The van der Waals surface area contributed by atoms with Crippen molar-refractivity contribution in [3.63, 3.8) is 0 Å². The van der Waals surface area contributed by atoms with Gasteiger partial charge in [0.1, 0.15) is 23.0 Å². The monoisotopic (exact) mass is 488 g/mol. The van der Waals surface area contributed by atoms with Crippen molar-refractivity contribution in [2.45, 2.75) is 0 Å². The first-order chi connectivity index (χ1) is 18.8. The SMILES string of the molecule is c1ccc(-c2ccc3c(c2)-c2ccccc2Oc2ccccc2-c2cc(-c4ccccc4)ccc2O3)cc1. The van der Waals surface area contributed by atoms with E-state index in [1.807, 2.05) is 48.5 Å². The highest BCUT2D eigenvalue weighted by atomic mass is 16.5. The van der Waals surface area contributed by atoms with E-state index in [0.717, 1.165) is 67.5 Å². The van der Waals surface area contributed by atoms with Gasteiger partial charge in [0.25, 0.3) is 0 Å². The molecule has 0 unspecified atom stereocenters. The summed E-state index contributed by atoms with van der Waals surface area (Å²) < 4.78 is 13.4. The predicted molar refractivity (Wildman–Crippen MR) is 155 cm³/mol. The standard InChI is InChI=1S/C36H24O2/c1-3-11-25(12-4-1)27-19-21-35-31(23-27)29-15-7-9-17-33(29)37-34-18-10-8-16-30(34)32-24-28(20-22-36(32)38-35)26-13-5-2-6-14-26/h1-24H. The Hall–Kier alpha value is -5.08. The van der Waals surface area contributed by atoms with Gasteiger partial charge in [0, 0.05) is 22.3 Å².